The Morgan fingerprint density at radius 3 is 1.82 bits per heavy atom. The predicted octanol–water partition coefficient (Wildman–Crippen LogP) is 5.60. The summed E-state index contributed by atoms with van der Waals surface area (Å²) >= 11 is 4.57. The minimum absolute atomic E-state index is 0.211. The standard InChI is InChI=1S/C16H32S/c1-9-15(5,6)12-16(7,8)13(11-17)10-14(2,3)4/h9,13,17H,1,10-12H2,2-8H3. The summed E-state index contributed by atoms with van der Waals surface area (Å²) in [5.41, 5.74) is 0.901. The van der Waals surface area contributed by atoms with Crippen molar-refractivity contribution in [3.63, 3.8) is 0 Å². The minimum atomic E-state index is 0.211. The van der Waals surface area contributed by atoms with Crippen LogP contribution in [-0.4, -0.2) is 5.75 Å². The van der Waals surface area contributed by atoms with Gasteiger partial charge in [-0.25, -0.2) is 0 Å². The summed E-state index contributed by atoms with van der Waals surface area (Å²) in [6, 6.07) is 0. The molecule has 0 aromatic heterocycles. The normalized spacial score (nSPS) is 15.8. The first-order chi connectivity index (χ1) is 7.43. The first-order valence-electron chi connectivity index (χ1n) is 6.68. The zero-order valence-corrected chi connectivity index (χ0v) is 13.8. The summed E-state index contributed by atoms with van der Waals surface area (Å²) in [5, 5.41) is 0. The Labute approximate surface area is 115 Å². The summed E-state index contributed by atoms with van der Waals surface area (Å²) in [7, 11) is 0. The Morgan fingerprint density at radius 1 is 1.06 bits per heavy atom. The quantitative estimate of drug-likeness (QED) is 0.464. The van der Waals surface area contributed by atoms with Crippen LogP contribution >= 0.6 is 12.6 Å². The van der Waals surface area contributed by atoms with Crippen LogP contribution in [-0.2, 0) is 0 Å². The van der Waals surface area contributed by atoms with Crippen LogP contribution in [0.2, 0.25) is 0 Å². The number of rotatable bonds is 6. The van der Waals surface area contributed by atoms with E-state index in [0.717, 1.165) is 5.75 Å². The van der Waals surface area contributed by atoms with E-state index in [9.17, 15) is 0 Å². The van der Waals surface area contributed by atoms with Crippen molar-refractivity contribution in [3.8, 4) is 0 Å². The molecule has 0 heterocycles. The average molecular weight is 256 g/mol. The molecule has 0 bridgehead atoms. The molecule has 0 N–H and O–H groups in total. The van der Waals surface area contributed by atoms with Gasteiger partial charge in [-0.05, 0) is 40.8 Å². The van der Waals surface area contributed by atoms with Gasteiger partial charge in [-0.1, -0.05) is 54.5 Å². The van der Waals surface area contributed by atoms with Gasteiger partial charge in [0.2, 0.25) is 0 Å². The maximum atomic E-state index is 4.57. The third kappa shape index (κ3) is 6.55. The lowest BCUT2D eigenvalue weighted by Gasteiger charge is -2.41. The van der Waals surface area contributed by atoms with Crippen LogP contribution in [0.4, 0.5) is 0 Å². The summed E-state index contributed by atoms with van der Waals surface area (Å²) in [4.78, 5) is 0. The predicted molar refractivity (Wildman–Crippen MR) is 83.8 cm³/mol. The van der Waals surface area contributed by atoms with Gasteiger partial charge in [-0.3, -0.25) is 0 Å². The summed E-state index contributed by atoms with van der Waals surface area (Å²) in [6.45, 7) is 20.2. The smallest absolute Gasteiger partial charge is 0.00642 e. The van der Waals surface area contributed by atoms with Crippen molar-refractivity contribution in [2.45, 2.75) is 61.3 Å². The number of thiol groups is 1. The van der Waals surface area contributed by atoms with Crippen molar-refractivity contribution in [2.24, 2.45) is 22.2 Å². The molecule has 0 nitrogen and oxygen atoms in total. The molecular weight excluding hydrogens is 224 g/mol. The van der Waals surface area contributed by atoms with Gasteiger partial charge < -0.3 is 0 Å². The molecule has 0 radical (unpaired) electrons. The van der Waals surface area contributed by atoms with Gasteiger partial charge in [0.15, 0.2) is 0 Å². The van der Waals surface area contributed by atoms with Gasteiger partial charge in [0.1, 0.15) is 0 Å². The molecule has 0 aliphatic carbocycles. The molecular formula is C16H32S. The lowest BCUT2D eigenvalue weighted by atomic mass is 9.65. The lowest BCUT2D eigenvalue weighted by Crippen LogP contribution is -2.33. The third-order valence-electron chi connectivity index (χ3n) is 3.65. The number of hydrogen-bond donors (Lipinski definition) is 1. The van der Waals surface area contributed by atoms with Gasteiger partial charge in [-0.15, -0.1) is 6.58 Å². The molecule has 0 aromatic rings. The molecule has 1 heteroatoms. The maximum Gasteiger partial charge on any atom is -0.00642 e. The molecule has 0 aliphatic heterocycles. The fourth-order valence-electron chi connectivity index (χ4n) is 2.72. The molecule has 0 aliphatic rings. The van der Waals surface area contributed by atoms with E-state index in [1.165, 1.54) is 12.8 Å². The van der Waals surface area contributed by atoms with Gasteiger partial charge >= 0.3 is 0 Å². The molecule has 0 saturated carbocycles. The molecule has 0 spiro atoms. The van der Waals surface area contributed by atoms with Crippen LogP contribution in [0, 0.1) is 22.2 Å². The first-order valence-corrected chi connectivity index (χ1v) is 7.31. The van der Waals surface area contributed by atoms with Crippen molar-refractivity contribution in [3.05, 3.63) is 12.7 Å². The van der Waals surface area contributed by atoms with E-state index in [0.29, 0.717) is 16.7 Å². The fourth-order valence-corrected chi connectivity index (χ4v) is 3.34. The second kappa shape index (κ2) is 5.82. The maximum absolute atomic E-state index is 4.57. The Hall–Kier alpha value is 0.0900. The highest BCUT2D eigenvalue weighted by molar-refractivity contribution is 7.80. The molecule has 0 aromatic carbocycles. The van der Waals surface area contributed by atoms with Crippen LogP contribution in [0.15, 0.2) is 12.7 Å². The molecule has 102 valence electrons. The van der Waals surface area contributed by atoms with E-state index < -0.39 is 0 Å². The van der Waals surface area contributed by atoms with Crippen LogP contribution in [0.1, 0.15) is 61.3 Å². The van der Waals surface area contributed by atoms with Crippen LogP contribution in [0.3, 0.4) is 0 Å². The van der Waals surface area contributed by atoms with E-state index >= 15 is 0 Å². The van der Waals surface area contributed by atoms with E-state index in [1.807, 2.05) is 0 Å². The van der Waals surface area contributed by atoms with Crippen molar-refractivity contribution in [1.82, 2.24) is 0 Å². The fraction of sp³-hybridized carbons (Fsp3) is 0.875. The van der Waals surface area contributed by atoms with Crippen LogP contribution in [0.5, 0.6) is 0 Å². The summed E-state index contributed by atoms with van der Waals surface area (Å²) in [5.74, 6) is 1.63. The highest BCUT2D eigenvalue weighted by atomic mass is 32.1. The Balaban J connectivity index is 4.81. The van der Waals surface area contributed by atoms with Gasteiger partial charge in [0.25, 0.3) is 0 Å². The molecule has 17 heavy (non-hydrogen) atoms. The topological polar surface area (TPSA) is 0 Å². The average Bonchev–Trinajstić information content (AvgIpc) is 2.11. The SMILES string of the molecule is C=CC(C)(C)CC(C)(C)C(CS)CC(C)(C)C. The number of hydrogen-bond acceptors (Lipinski definition) is 1. The molecule has 0 rings (SSSR count). The summed E-state index contributed by atoms with van der Waals surface area (Å²) in [6.07, 6.45) is 4.49. The van der Waals surface area contributed by atoms with Crippen LogP contribution in [0.25, 0.3) is 0 Å². The number of allylic oxidation sites excluding steroid dienone is 1. The molecule has 0 amide bonds. The second-order valence-corrected chi connectivity index (χ2v) is 8.37. The third-order valence-corrected chi connectivity index (χ3v) is 4.09. The highest BCUT2D eigenvalue weighted by Gasteiger charge is 2.35. The minimum Gasteiger partial charge on any atom is -0.179 e. The van der Waals surface area contributed by atoms with Crippen molar-refractivity contribution in [2.75, 3.05) is 5.75 Å². The van der Waals surface area contributed by atoms with E-state index in [4.69, 9.17) is 0 Å². The summed E-state index contributed by atoms with van der Waals surface area (Å²) < 4.78 is 0. The Morgan fingerprint density at radius 2 is 1.53 bits per heavy atom. The van der Waals surface area contributed by atoms with Gasteiger partial charge in [-0.2, -0.15) is 12.6 Å². The molecule has 0 saturated heterocycles. The van der Waals surface area contributed by atoms with Gasteiger partial charge in [0, 0.05) is 0 Å². The van der Waals surface area contributed by atoms with E-state index in [1.54, 1.807) is 0 Å². The lowest BCUT2D eigenvalue weighted by molar-refractivity contribution is 0.120. The highest BCUT2D eigenvalue weighted by Crippen LogP contribution is 2.44. The first kappa shape index (κ1) is 17.1. The molecule has 0 fully saturated rings. The van der Waals surface area contributed by atoms with E-state index in [-0.39, 0.29) is 5.41 Å². The molecule has 1 unspecified atom stereocenters. The molecule has 1 atom stereocenters. The van der Waals surface area contributed by atoms with Crippen molar-refractivity contribution in [1.29, 1.82) is 0 Å². The van der Waals surface area contributed by atoms with Gasteiger partial charge in [0.05, 0.1) is 0 Å². The monoisotopic (exact) mass is 256 g/mol. The Kier molecular flexibility index (Phi) is 5.85. The van der Waals surface area contributed by atoms with E-state index in [2.05, 4.69) is 73.7 Å². The van der Waals surface area contributed by atoms with Crippen molar-refractivity contribution < 1.29 is 0 Å². The van der Waals surface area contributed by atoms with Crippen LogP contribution < -0.4 is 0 Å². The largest absolute Gasteiger partial charge is 0.179 e. The second-order valence-electron chi connectivity index (χ2n) is 8.00. The zero-order chi connectivity index (χ0) is 13.9. The zero-order valence-electron chi connectivity index (χ0n) is 12.9. The van der Waals surface area contributed by atoms with Crippen molar-refractivity contribution >= 4 is 12.6 Å². The Bertz CT molecular complexity index is 243.